The summed E-state index contributed by atoms with van der Waals surface area (Å²) in [5, 5.41) is 0. The van der Waals surface area contributed by atoms with Crippen LogP contribution in [0.4, 0.5) is 0 Å². The van der Waals surface area contributed by atoms with Crippen LogP contribution in [-0.4, -0.2) is 24.5 Å². The Morgan fingerprint density at radius 1 is 0.857 bits per heavy atom. The maximum absolute atomic E-state index is 2.66. The highest BCUT2D eigenvalue weighted by molar-refractivity contribution is 5.14. The largest absolute Gasteiger partial charge is 0.303 e. The smallest absolute Gasteiger partial charge is 0.00156 e. The van der Waals surface area contributed by atoms with E-state index in [0.29, 0.717) is 0 Å². The molecule has 0 aliphatic carbocycles. The van der Waals surface area contributed by atoms with Gasteiger partial charge in [-0.2, -0.15) is 0 Å². The first-order valence-corrected chi connectivity index (χ1v) is 8.98. The zero-order valence-electron chi connectivity index (χ0n) is 14.5. The fraction of sp³-hybridized carbons (Fsp3) is 0.700. The summed E-state index contributed by atoms with van der Waals surface area (Å²) in [5.74, 6) is 0.864. The summed E-state index contributed by atoms with van der Waals surface area (Å²) in [7, 11) is 0. The number of rotatable bonds is 12. The number of unbranched alkanes of at least 4 members (excludes halogenated alkanes) is 2. The lowest BCUT2D eigenvalue weighted by Gasteiger charge is -2.21. The van der Waals surface area contributed by atoms with Crippen molar-refractivity contribution in [3.05, 3.63) is 35.9 Å². The van der Waals surface area contributed by atoms with E-state index in [2.05, 4.69) is 56.0 Å². The maximum Gasteiger partial charge on any atom is -0.00156 e. The third-order valence-corrected chi connectivity index (χ3v) is 4.08. The highest BCUT2D eigenvalue weighted by atomic mass is 15.1. The maximum atomic E-state index is 2.66. The van der Waals surface area contributed by atoms with E-state index >= 15 is 0 Å². The fourth-order valence-corrected chi connectivity index (χ4v) is 2.87. The SMILES string of the molecule is CCCN(CCCCCC(C)C)CCCc1ccccc1. The molecule has 0 N–H and O–H groups in total. The first-order chi connectivity index (χ1) is 10.2. The normalized spacial score (nSPS) is 11.5. The molecule has 0 fully saturated rings. The molecule has 0 aromatic heterocycles. The lowest BCUT2D eigenvalue weighted by Crippen LogP contribution is -2.27. The number of benzene rings is 1. The topological polar surface area (TPSA) is 3.24 Å². The predicted molar refractivity (Wildman–Crippen MR) is 94.8 cm³/mol. The van der Waals surface area contributed by atoms with Gasteiger partial charge in [0.1, 0.15) is 0 Å². The third kappa shape index (κ3) is 9.68. The first kappa shape index (κ1) is 18.2. The van der Waals surface area contributed by atoms with Gasteiger partial charge in [0.05, 0.1) is 0 Å². The van der Waals surface area contributed by atoms with Crippen molar-refractivity contribution in [2.24, 2.45) is 5.92 Å². The third-order valence-electron chi connectivity index (χ3n) is 4.08. The Bertz CT molecular complexity index is 331. The van der Waals surface area contributed by atoms with Crippen molar-refractivity contribution in [3.8, 4) is 0 Å². The van der Waals surface area contributed by atoms with Crippen molar-refractivity contribution >= 4 is 0 Å². The molecule has 0 amide bonds. The zero-order valence-corrected chi connectivity index (χ0v) is 14.5. The van der Waals surface area contributed by atoms with E-state index in [9.17, 15) is 0 Å². The van der Waals surface area contributed by atoms with Crippen LogP contribution in [0.1, 0.15) is 64.9 Å². The quantitative estimate of drug-likeness (QED) is 0.456. The van der Waals surface area contributed by atoms with Gasteiger partial charge < -0.3 is 4.90 Å². The summed E-state index contributed by atoms with van der Waals surface area (Å²) in [6.45, 7) is 10.8. The van der Waals surface area contributed by atoms with Crippen molar-refractivity contribution in [1.82, 2.24) is 4.90 Å². The lowest BCUT2D eigenvalue weighted by molar-refractivity contribution is 0.263. The molecule has 1 aromatic carbocycles. The van der Waals surface area contributed by atoms with Crippen LogP contribution in [0.15, 0.2) is 30.3 Å². The van der Waals surface area contributed by atoms with Crippen LogP contribution in [0, 0.1) is 5.92 Å². The lowest BCUT2D eigenvalue weighted by atomic mass is 10.1. The highest BCUT2D eigenvalue weighted by Gasteiger charge is 2.04. The Morgan fingerprint density at radius 3 is 2.24 bits per heavy atom. The number of hydrogen-bond acceptors (Lipinski definition) is 1. The molecule has 0 saturated heterocycles. The molecule has 1 nitrogen and oxygen atoms in total. The highest BCUT2D eigenvalue weighted by Crippen LogP contribution is 2.10. The molecule has 0 atom stereocenters. The Morgan fingerprint density at radius 2 is 1.57 bits per heavy atom. The molecule has 0 aliphatic rings. The van der Waals surface area contributed by atoms with E-state index in [1.807, 2.05) is 0 Å². The summed E-state index contributed by atoms with van der Waals surface area (Å²) in [4.78, 5) is 2.66. The van der Waals surface area contributed by atoms with Gasteiger partial charge in [0, 0.05) is 0 Å². The van der Waals surface area contributed by atoms with Gasteiger partial charge in [-0.1, -0.05) is 70.4 Å². The van der Waals surface area contributed by atoms with Gasteiger partial charge in [0.2, 0.25) is 0 Å². The van der Waals surface area contributed by atoms with Crippen molar-refractivity contribution in [1.29, 1.82) is 0 Å². The second-order valence-corrected chi connectivity index (χ2v) is 6.67. The Hall–Kier alpha value is -0.820. The molecule has 1 rings (SSSR count). The van der Waals surface area contributed by atoms with Gasteiger partial charge in [0.15, 0.2) is 0 Å². The van der Waals surface area contributed by atoms with E-state index < -0.39 is 0 Å². The van der Waals surface area contributed by atoms with Gasteiger partial charge in [-0.25, -0.2) is 0 Å². The monoisotopic (exact) mass is 289 g/mol. The van der Waals surface area contributed by atoms with E-state index in [0.717, 1.165) is 5.92 Å². The van der Waals surface area contributed by atoms with Crippen molar-refractivity contribution in [3.63, 3.8) is 0 Å². The van der Waals surface area contributed by atoms with E-state index in [-0.39, 0.29) is 0 Å². The molecule has 0 saturated carbocycles. The number of aryl methyl sites for hydroxylation is 1. The summed E-state index contributed by atoms with van der Waals surface area (Å²) >= 11 is 0. The van der Waals surface area contributed by atoms with E-state index in [1.165, 1.54) is 70.1 Å². The molecule has 1 heteroatoms. The standard InChI is InChI=1S/C20H35N/c1-4-16-21(17-10-6-7-12-19(2)3)18-11-15-20-13-8-5-9-14-20/h5,8-9,13-14,19H,4,6-7,10-12,15-18H2,1-3H3. The van der Waals surface area contributed by atoms with Gasteiger partial charge in [0.25, 0.3) is 0 Å². The average Bonchev–Trinajstić information content (AvgIpc) is 2.47. The second-order valence-electron chi connectivity index (χ2n) is 6.67. The minimum absolute atomic E-state index is 0.864. The molecule has 120 valence electrons. The van der Waals surface area contributed by atoms with Crippen LogP contribution in [0.25, 0.3) is 0 Å². The van der Waals surface area contributed by atoms with Crippen LogP contribution in [0.3, 0.4) is 0 Å². The van der Waals surface area contributed by atoms with Crippen molar-refractivity contribution in [2.75, 3.05) is 19.6 Å². The van der Waals surface area contributed by atoms with Crippen LogP contribution in [0.2, 0.25) is 0 Å². The summed E-state index contributed by atoms with van der Waals surface area (Å²) in [6, 6.07) is 10.9. The minimum atomic E-state index is 0.864. The molecule has 0 bridgehead atoms. The Balaban J connectivity index is 2.14. The van der Waals surface area contributed by atoms with Crippen LogP contribution in [-0.2, 0) is 6.42 Å². The van der Waals surface area contributed by atoms with E-state index in [1.54, 1.807) is 0 Å². The molecule has 1 aromatic rings. The Kier molecular flexibility index (Phi) is 10.2. The molecule has 0 aliphatic heterocycles. The second kappa shape index (κ2) is 11.8. The van der Waals surface area contributed by atoms with Gasteiger partial charge in [-0.05, 0) is 56.8 Å². The van der Waals surface area contributed by atoms with Crippen LogP contribution >= 0.6 is 0 Å². The fourth-order valence-electron chi connectivity index (χ4n) is 2.87. The van der Waals surface area contributed by atoms with E-state index in [4.69, 9.17) is 0 Å². The molecular weight excluding hydrogens is 254 g/mol. The van der Waals surface area contributed by atoms with Crippen LogP contribution < -0.4 is 0 Å². The van der Waals surface area contributed by atoms with Crippen molar-refractivity contribution < 1.29 is 0 Å². The van der Waals surface area contributed by atoms with Gasteiger partial charge in [-0.15, -0.1) is 0 Å². The number of nitrogens with zero attached hydrogens (tertiary/aromatic N) is 1. The molecule has 21 heavy (non-hydrogen) atoms. The van der Waals surface area contributed by atoms with Gasteiger partial charge in [-0.3, -0.25) is 0 Å². The Labute approximate surface area is 132 Å². The van der Waals surface area contributed by atoms with Crippen molar-refractivity contribution in [2.45, 2.75) is 65.7 Å². The molecular formula is C20H35N. The number of hydrogen-bond donors (Lipinski definition) is 0. The van der Waals surface area contributed by atoms with Gasteiger partial charge >= 0.3 is 0 Å². The molecule has 0 radical (unpaired) electrons. The minimum Gasteiger partial charge on any atom is -0.303 e. The average molecular weight is 290 g/mol. The predicted octanol–water partition coefficient (Wildman–Crippen LogP) is 5.55. The zero-order chi connectivity index (χ0) is 15.3. The summed E-state index contributed by atoms with van der Waals surface area (Å²) < 4.78 is 0. The molecule has 0 spiro atoms. The molecule has 0 heterocycles. The summed E-state index contributed by atoms with van der Waals surface area (Å²) in [5.41, 5.74) is 1.48. The van der Waals surface area contributed by atoms with Crippen LogP contribution in [0.5, 0.6) is 0 Å². The summed E-state index contributed by atoms with van der Waals surface area (Å²) in [6.07, 6.45) is 9.35. The first-order valence-electron chi connectivity index (χ1n) is 8.98. The molecule has 0 unspecified atom stereocenters.